The average Bonchev–Trinajstić information content (AvgIpc) is 3.08. The lowest BCUT2D eigenvalue weighted by molar-refractivity contribution is -0.161. The quantitative estimate of drug-likeness (QED) is 0.456. The minimum absolute atomic E-state index is 0.158. The van der Waals surface area contributed by atoms with Crippen LogP contribution in [-0.4, -0.2) is 23.1 Å². The summed E-state index contributed by atoms with van der Waals surface area (Å²) < 4.78 is 0. The molecule has 0 saturated heterocycles. The van der Waals surface area contributed by atoms with E-state index in [1.165, 1.54) is 38.5 Å². The predicted molar refractivity (Wildman–Crippen MR) is 116 cm³/mol. The zero-order valence-electron chi connectivity index (χ0n) is 19.1. The van der Waals surface area contributed by atoms with Gasteiger partial charge in [0, 0.05) is 12.3 Å². The molecule has 4 rings (SSSR count). The van der Waals surface area contributed by atoms with Gasteiger partial charge in [0.2, 0.25) is 0 Å². The van der Waals surface area contributed by atoms with Gasteiger partial charge in [0.05, 0.1) is 0 Å². The number of ketones is 1. The molecule has 0 amide bonds. The van der Waals surface area contributed by atoms with Crippen molar-refractivity contribution in [3.63, 3.8) is 0 Å². The van der Waals surface area contributed by atoms with Crippen LogP contribution in [0.1, 0.15) is 91.4 Å². The SMILES string of the molecule is C[C@H](CCC(=O)O)[C@H]1CC[C@H]2[C@@H]3CC[C@@H]4CCCC[C@]4(C)[C@H]3CC(C(=O)C=O)[C@]12C. The average molecular weight is 417 g/mol. The van der Waals surface area contributed by atoms with Gasteiger partial charge in [-0.15, -0.1) is 0 Å². The van der Waals surface area contributed by atoms with E-state index in [2.05, 4.69) is 20.8 Å². The Balaban J connectivity index is 1.67. The molecule has 0 heterocycles. The first-order valence-electron chi connectivity index (χ1n) is 12.4. The van der Waals surface area contributed by atoms with Crippen LogP contribution < -0.4 is 0 Å². The van der Waals surface area contributed by atoms with Crippen LogP contribution in [0.4, 0.5) is 0 Å². The lowest BCUT2D eigenvalue weighted by atomic mass is 9.42. The number of fused-ring (bicyclic) bond motifs is 5. The molecule has 1 unspecified atom stereocenters. The molecule has 0 spiro atoms. The van der Waals surface area contributed by atoms with Crippen molar-refractivity contribution in [2.75, 3.05) is 0 Å². The second kappa shape index (κ2) is 8.06. The molecule has 9 atom stereocenters. The molecule has 4 nitrogen and oxygen atoms in total. The maximum absolute atomic E-state index is 13.0. The monoisotopic (exact) mass is 416 g/mol. The van der Waals surface area contributed by atoms with E-state index in [0.717, 1.165) is 25.2 Å². The standard InChI is InChI=1S/C26H40O4/c1-16(7-12-24(29)30)19-10-11-20-18-9-8-17-6-4-5-13-25(17,2)21(18)14-22(23(28)15-27)26(19,20)3/h15-22H,4-14H2,1-3H3,(H,29,30)/t16-,17+,18+,19-,20+,21+,22?,25+,26-/m1/s1. The second-order valence-electron chi connectivity index (χ2n) is 11.7. The molecule has 4 heteroatoms. The van der Waals surface area contributed by atoms with E-state index >= 15 is 0 Å². The number of hydrogen-bond acceptors (Lipinski definition) is 3. The van der Waals surface area contributed by atoms with Gasteiger partial charge in [0.1, 0.15) is 0 Å². The lowest BCUT2D eigenvalue weighted by Gasteiger charge is -2.62. The first-order chi connectivity index (χ1) is 14.2. The molecule has 0 aromatic heterocycles. The zero-order chi connectivity index (χ0) is 21.7. The highest BCUT2D eigenvalue weighted by Crippen LogP contribution is 2.70. The number of Topliss-reactive ketones (excluding diaryl/α,β-unsaturated/α-hetero) is 1. The van der Waals surface area contributed by atoms with Crippen LogP contribution in [-0.2, 0) is 14.4 Å². The summed E-state index contributed by atoms with van der Waals surface area (Å²) in [6, 6.07) is 0. The van der Waals surface area contributed by atoms with Gasteiger partial charge < -0.3 is 5.11 Å². The Bertz CT molecular complexity index is 701. The van der Waals surface area contributed by atoms with Crippen LogP contribution in [0.5, 0.6) is 0 Å². The second-order valence-corrected chi connectivity index (χ2v) is 11.7. The van der Waals surface area contributed by atoms with Crippen molar-refractivity contribution in [3.8, 4) is 0 Å². The Morgan fingerprint density at radius 3 is 2.53 bits per heavy atom. The van der Waals surface area contributed by atoms with Crippen molar-refractivity contribution in [1.29, 1.82) is 0 Å². The third kappa shape index (κ3) is 3.28. The minimum atomic E-state index is -0.741. The molecule has 4 aliphatic carbocycles. The molecule has 0 aliphatic heterocycles. The van der Waals surface area contributed by atoms with Crippen molar-refractivity contribution < 1.29 is 19.5 Å². The molecular formula is C26H40O4. The normalized spacial score (nSPS) is 46.2. The Morgan fingerprint density at radius 2 is 1.83 bits per heavy atom. The molecule has 0 aromatic carbocycles. The van der Waals surface area contributed by atoms with E-state index in [0.29, 0.717) is 41.8 Å². The van der Waals surface area contributed by atoms with Crippen LogP contribution in [0.3, 0.4) is 0 Å². The van der Waals surface area contributed by atoms with Gasteiger partial charge in [-0.2, -0.15) is 0 Å². The summed E-state index contributed by atoms with van der Waals surface area (Å²) in [4.78, 5) is 35.9. The summed E-state index contributed by atoms with van der Waals surface area (Å²) in [6.07, 6.45) is 12.4. The van der Waals surface area contributed by atoms with Crippen LogP contribution in [0.15, 0.2) is 0 Å². The lowest BCUT2D eigenvalue weighted by Crippen LogP contribution is -2.58. The number of aldehydes is 1. The Labute approximate surface area is 181 Å². The van der Waals surface area contributed by atoms with E-state index in [1.807, 2.05) is 0 Å². The molecule has 168 valence electrons. The van der Waals surface area contributed by atoms with E-state index < -0.39 is 5.97 Å². The highest BCUT2D eigenvalue weighted by Gasteiger charge is 2.64. The van der Waals surface area contributed by atoms with E-state index in [4.69, 9.17) is 0 Å². The van der Waals surface area contributed by atoms with Gasteiger partial charge in [-0.05, 0) is 97.7 Å². The van der Waals surface area contributed by atoms with Crippen LogP contribution >= 0.6 is 0 Å². The van der Waals surface area contributed by atoms with Gasteiger partial charge in [-0.25, -0.2) is 0 Å². The smallest absolute Gasteiger partial charge is 0.303 e. The van der Waals surface area contributed by atoms with Crippen molar-refractivity contribution >= 4 is 18.0 Å². The first kappa shape index (κ1) is 22.0. The predicted octanol–water partition coefficient (Wildman–Crippen LogP) is 5.53. The summed E-state index contributed by atoms with van der Waals surface area (Å²) in [5.74, 6) is 2.02. The van der Waals surface area contributed by atoms with Gasteiger partial charge in [0.25, 0.3) is 0 Å². The maximum atomic E-state index is 13.0. The molecule has 0 bridgehead atoms. The number of carboxylic acid groups (broad SMARTS) is 1. The third-order valence-corrected chi connectivity index (χ3v) is 10.8. The van der Waals surface area contributed by atoms with E-state index in [1.54, 1.807) is 0 Å². The van der Waals surface area contributed by atoms with Crippen molar-refractivity contribution in [1.82, 2.24) is 0 Å². The molecule has 1 N–H and O–H groups in total. The van der Waals surface area contributed by atoms with Crippen LogP contribution in [0.2, 0.25) is 0 Å². The first-order valence-corrected chi connectivity index (χ1v) is 12.4. The number of aliphatic carboxylic acids is 1. The van der Waals surface area contributed by atoms with Gasteiger partial charge in [0.15, 0.2) is 12.1 Å². The summed E-state index contributed by atoms with van der Waals surface area (Å²) >= 11 is 0. The highest BCUT2D eigenvalue weighted by molar-refractivity contribution is 6.26. The molecule has 4 aliphatic rings. The number of carboxylic acids is 1. The number of rotatable bonds is 6. The molecule has 0 aromatic rings. The molecule has 30 heavy (non-hydrogen) atoms. The van der Waals surface area contributed by atoms with Gasteiger partial charge >= 0.3 is 5.97 Å². The van der Waals surface area contributed by atoms with Crippen molar-refractivity contribution in [2.24, 2.45) is 52.3 Å². The summed E-state index contributed by atoms with van der Waals surface area (Å²) in [5, 5.41) is 9.17. The molecular weight excluding hydrogens is 376 g/mol. The van der Waals surface area contributed by atoms with Crippen LogP contribution in [0, 0.1) is 52.3 Å². The number of carbonyl (C=O) groups is 3. The summed E-state index contributed by atoms with van der Waals surface area (Å²) in [7, 11) is 0. The summed E-state index contributed by atoms with van der Waals surface area (Å²) in [6.45, 7) is 6.97. The topological polar surface area (TPSA) is 71.4 Å². The minimum Gasteiger partial charge on any atom is -0.481 e. The summed E-state index contributed by atoms with van der Waals surface area (Å²) in [5.41, 5.74) is 0.172. The number of hydrogen-bond donors (Lipinski definition) is 1. The van der Waals surface area contributed by atoms with Crippen LogP contribution in [0.25, 0.3) is 0 Å². The number of carbonyl (C=O) groups excluding carboxylic acids is 2. The molecule has 0 radical (unpaired) electrons. The van der Waals surface area contributed by atoms with Gasteiger partial charge in [-0.1, -0.05) is 33.6 Å². The van der Waals surface area contributed by atoms with E-state index in [-0.39, 0.29) is 29.5 Å². The zero-order valence-corrected chi connectivity index (χ0v) is 19.1. The Kier molecular flexibility index (Phi) is 5.91. The Morgan fingerprint density at radius 1 is 1.07 bits per heavy atom. The van der Waals surface area contributed by atoms with Crippen molar-refractivity contribution in [3.05, 3.63) is 0 Å². The maximum Gasteiger partial charge on any atom is 0.303 e. The van der Waals surface area contributed by atoms with E-state index in [9.17, 15) is 19.5 Å². The largest absolute Gasteiger partial charge is 0.481 e. The fourth-order valence-corrected chi connectivity index (χ4v) is 9.31. The molecule has 4 fully saturated rings. The molecule has 4 saturated carbocycles. The third-order valence-electron chi connectivity index (χ3n) is 10.8. The fraction of sp³-hybridized carbons (Fsp3) is 0.885. The van der Waals surface area contributed by atoms with Crippen molar-refractivity contribution in [2.45, 2.75) is 91.4 Å². The van der Waals surface area contributed by atoms with Gasteiger partial charge in [-0.3, -0.25) is 14.4 Å². The highest BCUT2D eigenvalue weighted by atomic mass is 16.4. The fourth-order valence-electron chi connectivity index (χ4n) is 9.31. The Hall–Kier alpha value is -1.19.